The number of hydrogen-bond donors (Lipinski definition) is 0. The summed E-state index contributed by atoms with van der Waals surface area (Å²) in [5, 5.41) is 35.4. The maximum absolute atomic E-state index is 2.45. The van der Waals surface area contributed by atoms with Crippen molar-refractivity contribution in [3.63, 3.8) is 0 Å². The van der Waals surface area contributed by atoms with E-state index < -0.39 is 0 Å². The first-order chi connectivity index (χ1) is 66.4. The number of benzene rings is 27. The highest BCUT2D eigenvalue weighted by atomic mass is 14.3. The van der Waals surface area contributed by atoms with Gasteiger partial charge in [-0.2, -0.15) is 0 Å². The second-order valence-corrected chi connectivity index (χ2v) is 35.5. The molecule has 0 bridgehead atoms. The van der Waals surface area contributed by atoms with Crippen molar-refractivity contribution in [1.29, 1.82) is 0 Å². The van der Waals surface area contributed by atoms with E-state index in [2.05, 4.69) is 522 Å². The molecule has 0 unspecified atom stereocenters. The summed E-state index contributed by atoms with van der Waals surface area (Å²) in [4.78, 5) is 0. The van der Waals surface area contributed by atoms with Crippen molar-refractivity contribution in [1.82, 2.24) is 0 Å². The van der Waals surface area contributed by atoms with E-state index in [9.17, 15) is 0 Å². The average molecular weight is 1700 g/mol. The standard InChI is InChI=1S/C50H32.C44H28.C40H26/c1-2-14-35(15-3-1)41-28-29-42(44-19-9-8-18-43(41)44)38-26-27-47-48(32-38)50(40-25-23-34-13-5-7-17-37(34)31-40)46-21-11-10-20-45(46)49(47)39-24-22-33-12-4-6-16-36(33)30-39;1-3-13-32-26-35(22-20-29(32)10-1)43-39-17-7-8-18-40(39)44(36-23-21-30-11-2-4-14-33(30)27-36)42-28-34(24-25-41(42)43)38-19-9-15-31-12-5-6-16-37(31)38;1-2-10-27(11-3-1)32-22-23-37-38(26-32)40(34-21-19-29-13-5-7-15-31(29)25-34)36-17-9-8-16-35(36)39(37)33-20-18-28-12-4-6-14-30(28)24-33/h1-32H;1-28H;1-26H. The molecule has 0 fully saturated rings. The van der Waals surface area contributed by atoms with E-state index in [1.807, 2.05) is 0 Å². The highest BCUT2D eigenvalue weighted by molar-refractivity contribution is 6.27. The number of rotatable bonds is 10. The Morgan fingerprint density at radius 3 is 0.590 bits per heavy atom. The lowest BCUT2D eigenvalue weighted by atomic mass is 9.83. The summed E-state index contributed by atoms with van der Waals surface area (Å²) in [5.41, 5.74) is 25.1. The van der Waals surface area contributed by atoms with Crippen molar-refractivity contribution in [2.24, 2.45) is 0 Å². The van der Waals surface area contributed by atoms with Gasteiger partial charge in [-0.05, 0) is 317 Å². The van der Waals surface area contributed by atoms with E-state index >= 15 is 0 Å². The van der Waals surface area contributed by atoms with Crippen LogP contribution in [-0.2, 0) is 0 Å². The topological polar surface area (TPSA) is 0 Å². The fraction of sp³-hybridized carbons (Fsp3) is 0. The molecule has 134 heavy (non-hydrogen) atoms. The van der Waals surface area contributed by atoms with Gasteiger partial charge in [0, 0.05) is 0 Å². The van der Waals surface area contributed by atoms with E-state index in [4.69, 9.17) is 0 Å². The van der Waals surface area contributed by atoms with Crippen LogP contribution in [-0.4, -0.2) is 0 Å². The monoisotopic (exact) mass is 1690 g/mol. The molecule has 0 heterocycles. The van der Waals surface area contributed by atoms with Gasteiger partial charge >= 0.3 is 0 Å². The first kappa shape index (κ1) is 78.8. The third-order valence-corrected chi connectivity index (χ3v) is 27.8. The molecule has 0 aromatic heterocycles. The third-order valence-electron chi connectivity index (χ3n) is 27.8. The molecular weight excluding hydrogens is 1610 g/mol. The molecule has 0 aliphatic heterocycles. The van der Waals surface area contributed by atoms with Crippen LogP contribution < -0.4 is 0 Å². The van der Waals surface area contributed by atoms with Crippen molar-refractivity contribution in [3.8, 4) is 111 Å². The second kappa shape index (κ2) is 33.6. The summed E-state index contributed by atoms with van der Waals surface area (Å²) in [5.74, 6) is 0. The molecule has 622 valence electrons. The van der Waals surface area contributed by atoms with Crippen LogP contribution in [0.4, 0.5) is 0 Å². The Bertz CT molecular complexity index is 9380. The zero-order chi connectivity index (χ0) is 88.5. The van der Waals surface area contributed by atoms with E-state index in [0.717, 1.165) is 0 Å². The Labute approximate surface area is 778 Å². The molecule has 0 aliphatic rings. The summed E-state index contributed by atoms with van der Waals surface area (Å²) in [6.07, 6.45) is 0. The van der Waals surface area contributed by atoms with Gasteiger partial charge in [0.2, 0.25) is 0 Å². The van der Waals surface area contributed by atoms with Crippen molar-refractivity contribution in [2.75, 3.05) is 0 Å². The smallest absolute Gasteiger partial charge is 0.00259 e. The summed E-state index contributed by atoms with van der Waals surface area (Å²) in [7, 11) is 0. The van der Waals surface area contributed by atoms with Gasteiger partial charge in [-0.1, -0.05) is 467 Å². The minimum Gasteiger partial charge on any atom is -0.0622 e. The number of fused-ring (bicyclic) bond motifs is 14. The predicted octanol–water partition coefficient (Wildman–Crippen LogP) is 37.9. The maximum atomic E-state index is 2.45. The quantitative estimate of drug-likeness (QED) is 0.120. The molecule has 0 nitrogen and oxygen atoms in total. The van der Waals surface area contributed by atoms with Crippen molar-refractivity contribution < 1.29 is 0 Å². The Kier molecular flexibility index (Phi) is 19.7. The van der Waals surface area contributed by atoms with E-state index in [1.165, 1.54) is 262 Å². The molecule has 0 heteroatoms. The summed E-state index contributed by atoms with van der Waals surface area (Å²) < 4.78 is 0. The normalized spacial score (nSPS) is 11.6. The van der Waals surface area contributed by atoms with Gasteiger partial charge in [-0.15, -0.1) is 0 Å². The van der Waals surface area contributed by atoms with Crippen LogP contribution in [0.15, 0.2) is 522 Å². The van der Waals surface area contributed by atoms with Gasteiger partial charge in [0.15, 0.2) is 0 Å². The first-order valence-electron chi connectivity index (χ1n) is 46.5. The zero-order valence-corrected chi connectivity index (χ0v) is 73.7. The Morgan fingerprint density at radius 2 is 0.276 bits per heavy atom. The third kappa shape index (κ3) is 14.1. The molecule has 0 N–H and O–H groups in total. The Hall–Kier alpha value is -17.4. The average Bonchev–Trinajstić information content (AvgIpc) is 0.736. The second-order valence-electron chi connectivity index (χ2n) is 35.5. The minimum absolute atomic E-state index is 1.22. The minimum atomic E-state index is 1.22. The highest BCUT2D eigenvalue weighted by Gasteiger charge is 2.24. The molecule has 0 spiro atoms. The van der Waals surface area contributed by atoms with E-state index in [0.29, 0.717) is 0 Å². The number of hydrogen-bond acceptors (Lipinski definition) is 0. The van der Waals surface area contributed by atoms with Crippen LogP contribution in [0.1, 0.15) is 0 Å². The summed E-state index contributed by atoms with van der Waals surface area (Å²) in [6.45, 7) is 0. The predicted molar refractivity (Wildman–Crippen MR) is 579 cm³/mol. The molecule has 27 aromatic rings. The molecule has 27 rings (SSSR count). The van der Waals surface area contributed by atoms with Crippen molar-refractivity contribution in [3.05, 3.63) is 522 Å². The lowest BCUT2D eigenvalue weighted by molar-refractivity contribution is 1.63. The lowest BCUT2D eigenvalue weighted by Gasteiger charge is -2.20. The lowest BCUT2D eigenvalue weighted by Crippen LogP contribution is -1.92. The van der Waals surface area contributed by atoms with Gasteiger partial charge in [0.05, 0.1) is 0 Å². The Morgan fingerprint density at radius 1 is 0.0746 bits per heavy atom. The summed E-state index contributed by atoms with van der Waals surface area (Å²) >= 11 is 0. The summed E-state index contributed by atoms with van der Waals surface area (Å²) in [6, 6.07) is 192. The molecule has 0 atom stereocenters. The van der Waals surface area contributed by atoms with Crippen LogP contribution in [0.25, 0.3) is 262 Å². The van der Waals surface area contributed by atoms with Crippen LogP contribution in [0.2, 0.25) is 0 Å². The molecule has 0 saturated carbocycles. The van der Waals surface area contributed by atoms with Gasteiger partial charge in [-0.25, -0.2) is 0 Å². The molecular formula is C134H86. The Balaban J connectivity index is 0.000000108. The van der Waals surface area contributed by atoms with Gasteiger partial charge in [-0.3, -0.25) is 0 Å². The van der Waals surface area contributed by atoms with Crippen LogP contribution in [0, 0.1) is 0 Å². The maximum Gasteiger partial charge on any atom is -0.00259 e. The molecule has 0 aliphatic carbocycles. The van der Waals surface area contributed by atoms with Gasteiger partial charge < -0.3 is 0 Å². The van der Waals surface area contributed by atoms with E-state index in [-0.39, 0.29) is 0 Å². The van der Waals surface area contributed by atoms with Gasteiger partial charge in [0.1, 0.15) is 0 Å². The molecule has 0 saturated heterocycles. The zero-order valence-electron chi connectivity index (χ0n) is 73.7. The van der Waals surface area contributed by atoms with Crippen molar-refractivity contribution >= 4 is 151 Å². The fourth-order valence-corrected chi connectivity index (χ4v) is 21.5. The van der Waals surface area contributed by atoms with E-state index in [1.54, 1.807) is 0 Å². The first-order valence-corrected chi connectivity index (χ1v) is 46.5. The van der Waals surface area contributed by atoms with Gasteiger partial charge in [0.25, 0.3) is 0 Å². The van der Waals surface area contributed by atoms with Crippen LogP contribution in [0.5, 0.6) is 0 Å². The highest BCUT2D eigenvalue weighted by Crippen LogP contribution is 2.52. The van der Waals surface area contributed by atoms with Crippen LogP contribution in [0.3, 0.4) is 0 Å². The van der Waals surface area contributed by atoms with Crippen molar-refractivity contribution in [2.45, 2.75) is 0 Å². The molecule has 27 aromatic carbocycles. The van der Waals surface area contributed by atoms with Crippen LogP contribution >= 0.6 is 0 Å². The molecule has 0 radical (unpaired) electrons. The molecule has 0 amide bonds. The fourth-order valence-electron chi connectivity index (χ4n) is 21.5. The largest absolute Gasteiger partial charge is 0.0622 e. The SMILES string of the molecule is c1ccc(-c2ccc(-c3ccc4c(-c5ccc6ccccc6c5)c5ccccc5c(-c5ccc6ccccc6c5)c4c3)c3ccccc23)cc1.c1ccc(-c2ccc3c(-c4ccc5ccccc5c4)c4ccccc4c(-c4ccc5ccccc5c4)c3c2)cc1.c1ccc2cc(-c3c4ccccc4c(-c4ccc5ccccc5c4)c4cc(-c5cccc6ccccc56)ccc34)ccc2c1.